The second-order valence-electron chi connectivity index (χ2n) is 6.78. The van der Waals surface area contributed by atoms with Crippen LogP contribution in [0.3, 0.4) is 0 Å². The maximum atomic E-state index is 5.10. The summed E-state index contributed by atoms with van der Waals surface area (Å²) in [4.78, 5) is 9.16. The van der Waals surface area contributed by atoms with E-state index in [0.29, 0.717) is 6.54 Å². The number of nitrogens with zero attached hydrogens (tertiary/aromatic N) is 3. The minimum absolute atomic E-state index is 0. The molecule has 7 heteroatoms. The van der Waals surface area contributed by atoms with Gasteiger partial charge in [-0.3, -0.25) is 0 Å². The molecule has 156 valence electrons. The van der Waals surface area contributed by atoms with Crippen molar-refractivity contribution >= 4 is 35.6 Å². The molecule has 1 aromatic carbocycles. The van der Waals surface area contributed by atoms with Crippen LogP contribution in [-0.2, 0) is 11.3 Å². The summed E-state index contributed by atoms with van der Waals surface area (Å²) in [7, 11) is 8.01. The summed E-state index contributed by atoms with van der Waals surface area (Å²) in [5, 5.41) is 6.74. The van der Waals surface area contributed by atoms with E-state index in [2.05, 4.69) is 73.6 Å². The first-order chi connectivity index (χ1) is 12.5. The van der Waals surface area contributed by atoms with Crippen LogP contribution in [0.5, 0.6) is 0 Å². The Hall–Kier alpha value is -1.06. The van der Waals surface area contributed by atoms with Crippen LogP contribution >= 0.6 is 24.0 Å². The van der Waals surface area contributed by atoms with Crippen molar-refractivity contribution in [2.45, 2.75) is 26.8 Å². The molecule has 0 atom stereocenters. The van der Waals surface area contributed by atoms with Crippen molar-refractivity contribution in [3.8, 4) is 0 Å². The molecule has 0 spiro atoms. The molecular weight excluding hydrogens is 453 g/mol. The van der Waals surface area contributed by atoms with Gasteiger partial charge in [-0.15, -0.1) is 24.0 Å². The fourth-order valence-corrected chi connectivity index (χ4v) is 2.60. The van der Waals surface area contributed by atoms with Crippen molar-refractivity contribution in [3.05, 3.63) is 29.3 Å². The summed E-state index contributed by atoms with van der Waals surface area (Å²) in [5.41, 5.74) is 3.75. The van der Waals surface area contributed by atoms with Gasteiger partial charge in [-0.05, 0) is 50.6 Å². The third-order valence-electron chi connectivity index (χ3n) is 4.27. The minimum Gasteiger partial charge on any atom is -0.385 e. The van der Waals surface area contributed by atoms with Crippen molar-refractivity contribution < 1.29 is 4.74 Å². The van der Waals surface area contributed by atoms with Gasteiger partial charge < -0.3 is 25.2 Å². The number of hydrogen-bond acceptors (Lipinski definition) is 4. The number of methoxy groups -OCH3 is 1. The highest BCUT2D eigenvalue weighted by atomic mass is 127. The van der Waals surface area contributed by atoms with Gasteiger partial charge in [0.2, 0.25) is 0 Å². The molecule has 0 saturated heterocycles. The van der Waals surface area contributed by atoms with E-state index in [9.17, 15) is 0 Å². The molecule has 2 N–H and O–H groups in total. The van der Waals surface area contributed by atoms with Crippen LogP contribution in [0.2, 0.25) is 0 Å². The molecule has 0 radical (unpaired) electrons. The van der Waals surface area contributed by atoms with Gasteiger partial charge in [0.15, 0.2) is 5.96 Å². The first-order valence-corrected chi connectivity index (χ1v) is 9.44. The summed E-state index contributed by atoms with van der Waals surface area (Å²) < 4.78 is 5.10. The van der Waals surface area contributed by atoms with Crippen LogP contribution in [0, 0.1) is 6.92 Å². The van der Waals surface area contributed by atoms with Crippen LogP contribution in [-0.4, -0.2) is 71.9 Å². The maximum Gasteiger partial charge on any atom is 0.191 e. The van der Waals surface area contributed by atoms with Gasteiger partial charge in [-0.2, -0.15) is 0 Å². The third kappa shape index (κ3) is 10.8. The molecule has 0 fully saturated rings. The summed E-state index contributed by atoms with van der Waals surface area (Å²) >= 11 is 0. The topological polar surface area (TPSA) is 52.1 Å². The Balaban J connectivity index is 0.00000676. The van der Waals surface area contributed by atoms with Crippen molar-refractivity contribution in [2.75, 3.05) is 65.9 Å². The highest BCUT2D eigenvalue weighted by molar-refractivity contribution is 14.0. The number of aliphatic imine (C=N–C) groups is 1. The SMILES string of the molecule is CCNC(=NCc1ccc(N(C)C)cc1C)NCCN(C)CCCOC.I. The highest BCUT2D eigenvalue weighted by Crippen LogP contribution is 2.17. The minimum atomic E-state index is 0. The zero-order valence-electron chi connectivity index (χ0n) is 17.8. The number of guanidine groups is 1. The number of halogens is 1. The van der Waals surface area contributed by atoms with Gasteiger partial charge in [0.05, 0.1) is 6.54 Å². The second-order valence-corrected chi connectivity index (χ2v) is 6.78. The summed E-state index contributed by atoms with van der Waals surface area (Å²) in [6.45, 7) is 9.47. The zero-order valence-corrected chi connectivity index (χ0v) is 20.2. The Morgan fingerprint density at radius 1 is 1.15 bits per heavy atom. The van der Waals surface area contributed by atoms with Gasteiger partial charge in [0.25, 0.3) is 0 Å². The first-order valence-electron chi connectivity index (χ1n) is 9.44. The average molecular weight is 491 g/mol. The predicted octanol–water partition coefficient (Wildman–Crippen LogP) is 2.70. The number of benzene rings is 1. The van der Waals surface area contributed by atoms with E-state index >= 15 is 0 Å². The van der Waals surface area contributed by atoms with Gasteiger partial charge in [-0.1, -0.05) is 6.07 Å². The first kappa shape index (κ1) is 25.9. The number of nitrogens with one attached hydrogen (secondary N) is 2. The van der Waals surface area contributed by atoms with Crippen LogP contribution in [0.25, 0.3) is 0 Å². The van der Waals surface area contributed by atoms with E-state index in [1.165, 1.54) is 16.8 Å². The largest absolute Gasteiger partial charge is 0.385 e. The molecule has 0 bridgehead atoms. The van der Waals surface area contributed by atoms with Crippen LogP contribution < -0.4 is 15.5 Å². The van der Waals surface area contributed by atoms with E-state index in [4.69, 9.17) is 9.73 Å². The number of anilines is 1. The summed E-state index contributed by atoms with van der Waals surface area (Å²) in [5.74, 6) is 0.869. The fraction of sp³-hybridized carbons (Fsp3) is 0.650. The van der Waals surface area contributed by atoms with Gasteiger partial charge >= 0.3 is 0 Å². The Kier molecular flexibility index (Phi) is 14.3. The summed E-state index contributed by atoms with van der Waals surface area (Å²) in [6.07, 6.45) is 1.06. The molecule has 27 heavy (non-hydrogen) atoms. The van der Waals surface area contributed by atoms with Crippen molar-refractivity contribution in [2.24, 2.45) is 4.99 Å². The number of likely N-dealkylation sites (N-methyl/N-ethyl adjacent to an activating group) is 1. The van der Waals surface area contributed by atoms with E-state index in [1.54, 1.807) is 7.11 Å². The predicted molar refractivity (Wildman–Crippen MR) is 128 cm³/mol. The van der Waals surface area contributed by atoms with E-state index in [0.717, 1.165) is 45.2 Å². The lowest BCUT2D eigenvalue weighted by Gasteiger charge is -2.18. The summed E-state index contributed by atoms with van der Waals surface area (Å²) in [6, 6.07) is 6.52. The van der Waals surface area contributed by atoms with Crippen LogP contribution in [0.15, 0.2) is 23.2 Å². The molecule has 0 unspecified atom stereocenters. The number of ether oxygens (including phenoxy) is 1. The Bertz CT molecular complexity index is 551. The number of aryl methyl sites for hydroxylation is 1. The molecular formula is C20H38IN5O. The van der Waals surface area contributed by atoms with E-state index < -0.39 is 0 Å². The zero-order chi connectivity index (χ0) is 19.4. The monoisotopic (exact) mass is 491 g/mol. The van der Waals surface area contributed by atoms with Gasteiger partial charge in [-0.25, -0.2) is 4.99 Å². The lowest BCUT2D eigenvalue weighted by molar-refractivity contribution is 0.180. The standard InChI is InChI=1S/C20H37N5O.HI/c1-7-21-20(22-11-13-25(5)12-8-14-26-6)23-16-18-9-10-19(24(3)4)15-17(18)2;/h9-10,15H,7-8,11-14,16H2,1-6H3,(H2,21,22,23);1H. The Morgan fingerprint density at radius 3 is 2.48 bits per heavy atom. The van der Waals surface area contributed by atoms with Gasteiger partial charge in [0.1, 0.15) is 0 Å². The van der Waals surface area contributed by atoms with Gasteiger partial charge in [0, 0.05) is 59.7 Å². The molecule has 6 nitrogen and oxygen atoms in total. The normalized spacial score (nSPS) is 11.3. The molecule has 0 saturated carbocycles. The van der Waals surface area contributed by atoms with E-state index in [-0.39, 0.29) is 24.0 Å². The maximum absolute atomic E-state index is 5.10. The molecule has 0 amide bonds. The number of rotatable bonds is 11. The van der Waals surface area contributed by atoms with Crippen molar-refractivity contribution in [1.29, 1.82) is 0 Å². The fourth-order valence-electron chi connectivity index (χ4n) is 2.60. The number of hydrogen-bond donors (Lipinski definition) is 2. The molecule has 0 aromatic heterocycles. The molecule has 1 aromatic rings. The Morgan fingerprint density at radius 2 is 1.89 bits per heavy atom. The molecule has 1 rings (SSSR count). The molecule has 0 aliphatic rings. The average Bonchev–Trinajstić information content (AvgIpc) is 2.60. The third-order valence-corrected chi connectivity index (χ3v) is 4.27. The van der Waals surface area contributed by atoms with Crippen molar-refractivity contribution in [3.63, 3.8) is 0 Å². The smallest absolute Gasteiger partial charge is 0.191 e. The molecule has 0 aliphatic carbocycles. The van der Waals surface area contributed by atoms with E-state index in [1.807, 2.05) is 0 Å². The quantitative estimate of drug-likeness (QED) is 0.216. The second kappa shape index (κ2) is 14.9. The molecule has 0 heterocycles. The van der Waals surface area contributed by atoms with Crippen molar-refractivity contribution in [1.82, 2.24) is 15.5 Å². The lowest BCUT2D eigenvalue weighted by atomic mass is 10.1. The van der Waals surface area contributed by atoms with Crippen LogP contribution in [0.4, 0.5) is 5.69 Å². The molecule has 0 aliphatic heterocycles. The Labute approximate surface area is 182 Å². The highest BCUT2D eigenvalue weighted by Gasteiger charge is 2.03. The lowest BCUT2D eigenvalue weighted by Crippen LogP contribution is -2.41. The van der Waals surface area contributed by atoms with Crippen LogP contribution in [0.1, 0.15) is 24.5 Å².